The molecule has 1 heterocycles. The van der Waals surface area contributed by atoms with E-state index in [0.29, 0.717) is 12.0 Å². The third kappa shape index (κ3) is 3.61. The Balaban J connectivity index is 2.75. The molecule has 0 saturated heterocycles. The number of anilines is 1. The van der Waals surface area contributed by atoms with E-state index in [0.717, 1.165) is 16.7 Å². The maximum atomic E-state index is 5.73. The molecule has 0 spiro atoms. The Morgan fingerprint density at radius 3 is 2.80 bits per heavy atom. The van der Waals surface area contributed by atoms with E-state index in [1.165, 1.54) is 0 Å². The maximum absolute atomic E-state index is 5.73. The lowest BCUT2D eigenvalue weighted by molar-refractivity contribution is 0.493. The minimum absolute atomic E-state index is 0.261. The fourth-order valence-corrected chi connectivity index (χ4v) is 1.60. The van der Waals surface area contributed by atoms with Crippen LogP contribution in [0.1, 0.15) is 27.2 Å². The van der Waals surface area contributed by atoms with Crippen LogP contribution < -0.4 is 5.32 Å². The van der Waals surface area contributed by atoms with Gasteiger partial charge in [0.1, 0.15) is 5.82 Å². The predicted octanol–water partition coefficient (Wildman–Crippen LogP) is 3.74. The second-order valence-electron chi connectivity index (χ2n) is 3.65. The number of hydrogen-bond donors (Lipinski definition) is 1. The molecule has 0 fully saturated rings. The summed E-state index contributed by atoms with van der Waals surface area (Å²) >= 11 is 9.11. The summed E-state index contributed by atoms with van der Waals surface area (Å²) in [6.07, 6.45) is 2.78. The zero-order valence-electron chi connectivity index (χ0n) is 9.09. The zero-order chi connectivity index (χ0) is 11.4. The van der Waals surface area contributed by atoms with Crippen molar-refractivity contribution in [1.29, 1.82) is 0 Å². The number of halogens is 2. The highest BCUT2D eigenvalue weighted by atomic mass is 79.9. The molecular weight excluding hydrogens is 277 g/mol. The van der Waals surface area contributed by atoms with Gasteiger partial charge in [-0.3, -0.25) is 0 Å². The van der Waals surface area contributed by atoms with Gasteiger partial charge in [-0.2, -0.15) is 4.98 Å². The Bertz CT molecular complexity index is 332. The first kappa shape index (κ1) is 12.7. The maximum Gasteiger partial charge on any atom is 0.224 e. The number of rotatable bonds is 4. The number of aromatic nitrogens is 2. The van der Waals surface area contributed by atoms with E-state index >= 15 is 0 Å². The van der Waals surface area contributed by atoms with Crippen LogP contribution in [-0.2, 0) is 0 Å². The van der Waals surface area contributed by atoms with Crippen molar-refractivity contribution in [3.63, 3.8) is 0 Å². The predicted molar refractivity (Wildman–Crippen MR) is 67.3 cm³/mol. The van der Waals surface area contributed by atoms with Crippen molar-refractivity contribution in [1.82, 2.24) is 9.97 Å². The molecule has 0 bridgehead atoms. The van der Waals surface area contributed by atoms with Gasteiger partial charge in [-0.05, 0) is 40.4 Å². The molecule has 1 aromatic rings. The van der Waals surface area contributed by atoms with Crippen LogP contribution in [0.25, 0.3) is 0 Å². The van der Waals surface area contributed by atoms with Crippen molar-refractivity contribution in [2.24, 2.45) is 5.92 Å². The highest BCUT2D eigenvalue weighted by Crippen LogP contribution is 2.22. The number of nitrogens with zero attached hydrogens (tertiary/aromatic N) is 2. The van der Waals surface area contributed by atoms with Gasteiger partial charge in [0.25, 0.3) is 0 Å². The Morgan fingerprint density at radius 1 is 1.53 bits per heavy atom. The lowest BCUT2D eigenvalue weighted by Crippen LogP contribution is -2.24. The first-order valence-electron chi connectivity index (χ1n) is 4.99. The van der Waals surface area contributed by atoms with Crippen molar-refractivity contribution in [2.75, 3.05) is 5.32 Å². The third-order valence-corrected chi connectivity index (χ3v) is 3.34. The Morgan fingerprint density at radius 2 is 2.20 bits per heavy atom. The first-order chi connectivity index (χ1) is 7.04. The lowest BCUT2D eigenvalue weighted by Gasteiger charge is -2.20. The largest absolute Gasteiger partial charge is 0.366 e. The Kier molecular flexibility index (Phi) is 4.80. The smallest absolute Gasteiger partial charge is 0.224 e. The zero-order valence-corrected chi connectivity index (χ0v) is 11.4. The van der Waals surface area contributed by atoms with Crippen LogP contribution in [0.2, 0.25) is 5.28 Å². The van der Waals surface area contributed by atoms with E-state index in [1.54, 1.807) is 6.20 Å². The summed E-state index contributed by atoms with van der Waals surface area (Å²) in [6.45, 7) is 6.51. The molecule has 84 valence electrons. The van der Waals surface area contributed by atoms with Gasteiger partial charge in [-0.25, -0.2) is 4.98 Å². The molecule has 0 saturated carbocycles. The van der Waals surface area contributed by atoms with E-state index in [1.807, 2.05) is 0 Å². The molecular formula is C10H15BrClN3. The summed E-state index contributed by atoms with van der Waals surface area (Å²) in [7, 11) is 0. The average Bonchev–Trinajstić information content (AvgIpc) is 2.22. The van der Waals surface area contributed by atoms with Gasteiger partial charge in [0.15, 0.2) is 0 Å². The summed E-state index contributed by atoms with van der Waals surface area (Å²) in [5.74, 6) is 1.34. The quantitative estimate of drug-likeness (QED) is 0.859. The third-order valence-electron chi connectivity index (χ3n) is 2.58. The molecule has 1 aromatic heterocycles. The Hall–Kier alpha value is -0.350. The van der Waals surface area contributed by atoms with Crippen LogP contribution >= 0.6 is 27.5 Å². The van der Waals surface area contributed by atoms with Crippen molar-refractivity contribution >= 4 is 33.3 Å². The second-order valence-corrected chi connectivity index (χ2v) is 4.85. The molecule has 0 aliphatic heterocycles. The van der Waals surface area contributed by atoms with E-state index < -0.39 is 0 Å². The second kappa shape index (κ2) is 5.66. The van der Waals surface area contributed by atoms with E-state index in [2.05, 4.69) is 52.0 Å². The number of hydrogen-bond acceptors (Lipinski definition) is 3. The SMILES string of the molecule is CCC(C)C(C)Nc1nc(Cl)ncc1Br. The van der Waals surface area contributed by atoms with Gasteiger partial charge in [-0.15, -0.1) is 0 Å². The van der Waals surface area contributed by atoms with Crippen LogP contribution in [0.4, 0.5) is 5.82 Å². The van der Waals surface area contributed by atoms with Crippen molar-refractivity contribution in [3.8, 4) is 0 Å². The van der Waals surface area contributed by atoms with Gasteiger partial charge < -0.3 is 5.32 Å². The molecule has 0 aliphatic rings. The fourth-order valence-electron chi connectivity index (χ4n) is 1.16. The molecule has 1 N–H and O–H groups in total. The molecule has 0 radical (unpaired) electrons. The molecule has 2 unspecified atom stereocenters. The normalized spacial score (nSPS) is 14.7. The minimum atomic E-state index is 0.261. The fraction of sp³-hybridized carbons (Fsp3) is 0.600. The van der Waals surface area contributed by atoms with Crippen LogP contribution in [-0.4, -0.2) is 16.0 Å². The molecule has 15 heavy (non-hydrogen) atoms. The first-order valence-corrected chi connectivity index (χ1v) is 6.16. The van der Waals surface area contributed by atoms with Gasteiger partial charge >= 0.3 is 0 Å². The average molecular weight is 293 g/mol. The Labute approximate surface area is 104 Å². The van der Waals surface area contributed by atoms with Crippen LogP contribution in [0, 0.1) is 5.92 Å². The summed E-state index contributed by atoms with van der Waals surface area (Å²) in [6, 6.07) is 0.359. The summed E-state index contributed by atoms with van der Waals surface area (Å²) in [5, 5.41) is 3.58. The summed E-state index contributed by atoms with van der Waals surface area (Å²) in [5.41, 5.74) is 0. The van der Waals surface area contributed by atoms with Crippen molar-refractivity contribution < 1.29 is 0 Å². The van der Waals surface area contributed by atoms with Gasteiger partial charge in [0.2, 0.25) is 5.28 Å². The van der Waals surface area contributed by atoms with Gasteiger partial charge in [0.05, 0.1) is 4.47 Å². The topological polar surface area (TPSA) is 37.8 Å². The lowest BCUT2D eigenvalue weighted by atomic mass is 10.0. The highest BCUT2D eigenvalue weighted by Gasteiger charge is 2.12. The van der Waals surface area contributed by atoms with E-state index in [9.17, 15) is 0 Å². The van der Waals surface area contributed by atoms with Crippen molar-refractivity contribution in [3.05, 3.63) is 16.0 Å². The standard InChI is InChI=1S/C10H15BrClN3/c1-4-6(2)7(3)14-9-8(11)5-13-10(12)15-9/h5-7H,4H2,1-3H3,(H,13,14,15). The molecule has 1 rings (SSSR count). The summed E-state index contributed by atoms with van der Waals surface area (Å²) < 4.78 is 0.835. The summed E-state index contributed by atoms with van der Waals surface area (Å²) in [4.78, 5) is 8.00. The molecule has 0 aromatic carbocycles. The number of nitrogens with one attached hydrogen (secondary N) is 1. The van der Waals surface area contributed by atoms with Gasteiger partial charge in [-0.1, -0.05) is 20.3 Å². The van der Waals surface area contributed by atoms with Crippen molar-refractivity contribution in [2.45, 2.75) is 33.2 Å². The van der Waals surface area contributed by atoms with E-state index in [4.69, 9.17) is 11.6 Å². The molecule has 0 amide bonds. The molecule has 3 nitrogen and oxygen atoms in total. The monoisotopic (exact) mass is 291 g/mol. The minimum Gasteiger partial charge on any atom is -0.366 e. The van der Waals surface area contributed by atoms with Crippen LogP contribution in [0.5, 0.6) is 0 Å². The van der Waals surface area contributed by atoms with Gasteiger partial charge in [0, 0.05) is 12.2 Å². The van der Waals surface area contributed by atoms with Crippen LogP contribution in [0.15, 0.2) is 10.7 Å². The van der Waals surface area contributed by atoms with E-state index in [-0.39, 0.29) is 5.28 Å². The molecule has 0 aliphatic carbocycles. The molecule has 2 atom stereocenters. The molecule has 5 heteroatoms. The van der Waals surface area contributed by atoms with Crippen LogP contribution in [0.3, 0.4) is 0 Å². The highest BCUT2D eigenvalue weighted by molar-refractivity contribution is 9.10.